The molecule has 1 heterocycles. The van der Waals surface area contributed by atoms with Crippen molar-refractivity contribution in [2.75, 3.05) is 13.6 Å². The molecule has 0 fully saturated rings. The number of rotatable bonds is 5. The van der Waals surface area contributed by atoms with E-state index in [1.54, 1.807) is 11.3 Å². The molecule has 0 spiro atoms. The predicted octanol–water partition coefficient (Wildman–Crippen LogP) is 1.53. The highest BCUT2D eigenvalue weighted by molar-refractivity contribution is 7.11. The molecule has 1 unspecified atom stereocenters. The molecule has 4 heteroatoms. The molecular weight excluding hydrogens is 208 g/mol. The topological polar surface area (TPSA) is 41.1 Å². The van der Waals surface area contributed by atoms with Crippen molar-refractivity contribution in [2.45, 2.75) is 20.4 Å². The number of thiophene rings is 1. The monoisotopic (exact) mass is 226 g/mol. The Morgan fingerprint density at radius 3 is 2.80 bits per heavy atom. The van der Waals surface area contributed by atoms with Gasteiger partial charge in [0, 0.05) is 22.2 Å². The molecule has 15 heavy (non-hydrogen) atoms. The number of nitrogens with one attached hydrogen (secondary N) is 2. The van der Waals surface area contributed by atoms with Gasteiger partial charge in [0.1, 0.15) is 0 Å². The van der Waals surface area contributed by atoms with Gasteiger partial charge in [-0.15, -0.1) is 11.3 Å². The molecule has 0 bridgehead atoms. The quantitative estimate of drug-likeness (QED) is 0.799. The third kappa shape index (κ3) is 4.01. The molecule has 1 aromatic heterocycles. The molecule has 2 N–H and O–H groups in total. The minimum Gasteiger partial charge on any atom is -0.351 e. The van der Waals surface area contributed by atoms with Crippen LogP contribution in [0.3, 0.4) is 0 Å². The van der Waals surface area contributed by atoms with Crippen LogP contribution in [0, 0.1) is 12.8 Å². The highest BCUT2D eigenvalue weighted by Crippen LogP contribution is 2.14. The van der Waals surface area contributed by atoms with Crippen LogP contribution >= 0.6 is 11.3 Å². The van der Waals surface area contributed by atoms with Crippen molar-refractivity contribution in [3.8, 4) is 0 Å². The number of amides is 1. The zero-order chi connectivity index (χ0) is 11.3. The maximum atomic E-state index is 11.6. The fourth-order valence-corrected chi connectivity index (χ4v) is 2.16. The molecule has 1 aromatic rings. The van der Waals surface area contributed by atoms with Gasteiger partial charge < -0.3 is 10.6 Å². The van der Waals surface area contributed by atoms with Crippen molar-refractivity contribution < 1.29 is 4.79 Å². The molecule has 0 aliphatic heterocycles. The Hall–Kier alpha value is -0.870. The highest BCUT2D eigenvalue weighted by Gasteiger charge is 2.11. The van der Waals surface area contributed by atoms with Crippen LogP contribution in [-0.2, 0) is 11.3 Å². The lowest BCUT2D eigenvalue weighted by atomic mass is 10.1. The normalized spacial score (nSPS) is 12.5. The number of carbonyl (C=O) groups excluding carboxylic acids is 1. The molecule has 1 rings (SSSR count). The van der Waals surface area contributed by atoms with Crippen LogP contribution in [0.5, 0.6) is 0 Å². The first-order valence-electron chi connectivity index (χ1n) is 5.11. The van der Waals surface area contributed by atoms with E-state index in [4.69, 9.17) is 0 Å². The lowest BCUT2D eigenvalue weighted by molar-refractivity contribution is -0.124. The minimum absolute atomic E-state index is 0.0241. The fraction of sp³-hybridized carbons (Fsp3) is 0.545. The second-order valence-corrected chi connectivity index (χ2v) is 5.06. The Bertz CT molecular complexity index is 322. The summed E-state index contributed by atoms with van der Waals surface area (Å²) in [5.41, 5.74) is 0. The summed E-state index contributed by atoms with van der Waals surface area (Å²) in [4.78, 5) is 14.1. The van der Waals surface area contributed by atoms with Crippen LogP contribution in [0.15, 0.2) is 12.1 Å². The summed E-state index contributed by atoms with van der Waals surface area (Å²) >= 11 is 1.72. The van der Waals surface area contributed by atoms with Crippen LogP contribution in [0.1, 0.15) is 16.7 Å². The van der Waals surface area contributed by atoms with E-state index in [-0.39, 0.29) is 11.8 Å². The van der Waals surface area contributed by atoms with Crippen molar-refractivity contribution in [1.29, 1.82) is 0 Å². The molecule has 1 atom stereocenters. The summed E-state index contributed by atoms with van der Waals surface area (Å²) in [6.45, 7) is 5.35. The minimum atomic E-state index is 0.0241. The van der Waals surface area contributed by atoms with E-state index >= 15 is 0 Å². The number of hydrogen-bond donors (Lipinski definition) is 2. The Morgan fingerprint density at radius 1 is 1.53 bits per heavy atom. The SMILES string of the molecule is CNCC(C)C(=O)NCc1ccc(C)s1. The van der Waals surface area contributed by atoms with Gasteiger partial charge in [-0.25, -0.2) is 0 Å². The third-order valence-corrected chi connectivity index (χ3v) is 3.19. The van der Waals surface area contributed by atoms with Gasteiger partial charge in [0.15, 0.2) is 0 Å². The van der Waals surface area contributed by atoms with E-state index in [1.165, 1.54) is 9.75 Å². The van der Waals surface area contributed by atoms with Gasteiger partial charge >= 0.3 is 0 Å². The second-order valence-electron chi connectivity index (χ2n) is 3.69. The molecular formula is C11H18N2OS. The van der Waals surface area contributed by atoms with E-state index in [1.807, 2.05) is 14.0 Å². The summed E-state index contributed by atoms with van der Waals surface area (Å²) < 4.78 is 0. The first-order chi connectivity index (χ1) is 7.13. The Balaban J connectivity index is 2.34. The smallest absolute Gasteiger partial charge is 0.224 e. The van der Waals surface area contributed by atoms with Crippen LogP contribution < -0.4 is 10.6 Å². The molecule has 0 aliphatic carbocycles. The zero-order valence-corrected chi connectivity index (χ0v) is 10.3. The number of aryl methyl sites for hydroxylation is 1. The first-order valence-corrected chi connectivity index (χ1v) is 5.92. The van der Waals surface area contributed by atoms with Crippen molar-refractivity contribution in [3.63, 3.8) is 0 Å². The van der Waals surface area contributed by atoms with Crippen molar-refractivity contribution in [3.05, 3.63) is 21.9 Å². The standard InChI is InChI=1S/C11H18N2OS/c1-8(6-12-3)11(14)13-7-10-5-4-9(2)15-10/h4-5,8,12H,6-7H2,1-3H3,(H,13,14). The summed E-state index contributed by atoms with van der Waals surface area (Å²) in [5.74, 6) is 0.131. The fourth-order valence-electron chi connectivity index (χ4n) is 1.33. The van der Waals surface area contributed by atoms with Crippen molar-refractivity contribution in [1.82, 2.24) is 10.6 Å². The number of carbonyl (C=O) groups is 1. The highest BCUT2D eigenvalue weighted by atomic mass is 32.1. The lowest BCUT2D eigenvalue weighted by Gasteiger charge is -2.10. The largest absolute Gasteiger partial charge is 0.351 e. The maximum Gasteiger partial charge on any atom is 0.224 e. The van der Waals surface area contributed by atoms with Gasteiger partial charge in [0.2, 0.25) is 5.91 Å². The summed E-state index contributed by atoms with van der Waals surface area (Å²) in [5, 5.41) is 5.92. The Morgan fingerprint density at radius 2 is 2.27 bits per heavy atom. The van der Waals surface area contributed by atoms with E-state index in [9.17, 15) is 4.79 Å². The molecule has 3 nitrogen and oxygen atoms in total. The van der Waals surface area contributed by atoms with E-state index in [2.05, 4.69) is 29.7 Å². The third-order valence-electron chi connectivity index (χ3n) is 2.19. The van der Waals surface area contributed by atoms with Crippen LogP contribution in [0.25, 0.3) is 0 Å². The first kappa shape index (κ1) is 12.2. The van der Waals surface area contributed by atoms with E-state index in [0.717, 1.165) is 6.54 Å². The van der Waals surface area contributed by atoms with Crippen LogP contribution in [-0.4, -0.2) is 19.5 Å². The number of hydrogen-bond acceptors (Lipinski definition) is 3. The van der Waals surface area contributed by atoms with Crippen molar-refractivity contribution >= 4 is 17.2 Å². The van der Waals surface area contributed by atoms with Crippen LogP contribution in [0.2, 0.25) is 0 Å². The maximum absolute atomic E-state index is 11.6. The second kappa shape index (κ2) is 5.88. The van der Waals surface area contributed by atoms with Gasteiger partial charge in [-0.05, 0) is 26.1 Å². The van der Waals surface area contributed by atoms with E-state index < -0.39 is 0 Å². The molecule has 0 aliphatic rings. The zero-order valence-electron chi connectivity index (χ0n) is 9.46. The van der Waals surface area contributed by atoms with Gasteiger partial charge in [-0.3, -0.25) is 4.79 Å². The molecule has 84 valence electrons. The molecule has 0 saturated carbocycles. The molecule has 0 saturated heterocycles. The Labute approximate surface area is 94.9 Å². The predicted molar refractivity (Wildman–Crippen MR) is 64.0 cm³/mol. The summed E-state index contributed by atoms with van der Waals surface area (Å²) in [6.07, 6.45) is 0. The molecule has 1 amide bonds. The summed E-state index contributed by atoms with van der Waals surface area (Å²) in [6, 6.07) is 4.13. The average molecular weight is 226 g/mol. The molecule has 0 aromatic carbocycles. The lowest BCUT2D eigenvalue weighted by Crippen LogP contribution is -2.33. The van der Waals surface area contributed by atoms with Gasteiger partial charge in [0.25, 0.3) is 0 Å². The van der Waals surface area contributed by atoms with Gasteiger partial charge in [-0.2, -0.15) is 0 Å². The molecule has 0 radical (unpaired) electrons. The average Bonchev–Trinajstić information content (AvgIpc) is 2.61. The van der Waals surface area contributed by atoms with Gasteiger partial charge in [0.05, 0.1) is 6.54 Å². The van der Waals surface area contributed by atoms with Crippen molar-refractivity contribution in [2.24, 2.45) is 5.92 Å². The Kier molecular flexibility index (Phi) is 4.78. The van der Waals surface area contributed by atoms with E-state index in [0.29, 0.717) is 6.54 Å². The van der Waals surface area contributed by atoms with Crippen LogP contribution in [0.4, 0.5) is 0 Å². The van der Waals surface area contributed by atoms with Gasteiger partial charge in [-0.1, -0.05) is 6.92 Å². The summed E-state index contributed by atoms with van der Waals surface area (Å²) in [7, 11) is 1.85.